The number of carbonyl (C=O) groups excluding carboxylic acids is 1. The van der Waals surface area contributed by atoms with E-state index >= 15 is 0 Å². The predicted octanol–water partition coefficient (Wildman–Crippen LogP) is 2.48. The zero-order valence-electron chi connectivity index (χ0n) is 18.4. The van der Waals surface area contributed by atoms with Gasteiger partial charge in [-0.2, -0.15) is 0 Å². The third-order valence-electron chi connectivity index (χ3n) is 5.56. The van der Waals surface area contributed by atoms with Crippen LogP contribution in [0.3, 0.4) is 0 Å². The van der Waals surface area contributed by atoms with Crippen molar-refractivity contribution in [2.75, 3.05) is 46.0 Å². The molecule has 1 amide bonds. The fraction of sp³-hybridized carbons (Fsp3) is 0.652. The van der Waals surface area contributed by atoms with Crippen LogP contribution < -0.4 is 15.4 Å². The number of likely N-dealkylation sites (tertiary alicyclic amines) is 1. The smallest absolute Gasteiger partial charge is 0.224 e. The molecule has 3 rings (SSSR count). The number of aryl methyl sites for hydroxylation is 1. The van der Waals surface area contributed by atoms with E-state index in [0.29, 0.717) is 32.0 Å². The van der Waals surface area contributed by atoms with E-state index in [1.807, 2.05) is 11.8 Å². The Morgan fingerprint density at radius 1 is 1.30 bits per heavy atom. The molecule has 0 radical (unpaired) electrons. The van der Waals surface area contributed by atoms with Gasteiger partial charge in [0.15, 0.2) is 5.96 Å². The van der Waals surface area contributed by atoms with E-state index in [0.717, 1.165) is 69.4 Å². The van der Waals surface area contributed by atoms with E-state index < -0.39 is 0 Å². The summed E-state index contributed by atoms with van der Waals surface area (Å²) in [5.74, 6) is 2.31. The van der Waals surface area contributed by atoms with Crippen LogP contribution in [-0.2, 0) is 16.1 Å². The second kappa shape index (κ2) is 11.8. The van der Waals surface area contributed by atoms with Gasteiger partial charge in [0.2, 0.25) is 5.91 Å². The monoisotopic (exact) mass is 416 g/mol. The van der Waals surface area contributed by atoms with E-state index in [2.05, 4.69) is 35.8 Å². The van der Waals surface area contributed by atoms with Crippen molar-refractivity contribution in [2.45, 2.75) is 46.1 Å². The number of hydrogen-bond acceptors (Lipinski definition) is 4. The van der Waals surface area contributed by atoms with Crippen LogP contribution in [0, 0.1) is 12.8 Å². The zero-order valence-corrected chi connectivity index (χ0v) is 18.4. The molecular formula is C23H36N4O3. The molecular weight excluding hydrogens is 380 g/mol. The van der Waals surface area contributed by atoms with Gasteiger partial charge in [-0.1, -0.05) is 12.1 Å². The Morgan fingerprint density at radius 2 is 2.13 bits per heavy atom. The molecule has 0 aliphatic carbocycles. The molecule has 1 atom stereocenters. The summed E-state index contributed by atoms with van der Waals surface area (Å²) in [6.07, 6.45) is 3.80. The number of rotatable bonds is 9. The zero-order chi connectivity index (χ0) is 21.2. The summed E-state index contributed by atoms with van der Waals surface area (Å²) in [5.41, 5.74) is 2.23. The minimum Gasteiger partial charge on any atom is -0.493 e. The van der Waals surface area contributed by atoms with Gasteiger partial charge in [-0.15, -0.1) is 0 Å². The molecule has 1 aromatic carbocycles. The lowest BCUT2D eigenvalue weighted by atomic mass is 10.1. The Kier molecular flexibility index (Phi) is 8.81. The second-order valence-corrected chi connectivity index (χ2v) is 8.11. The third-order valence-corrected chi connectivity index (χ3v) is 5.56. The molecule has 1 unspecified atom stereocenters. The molecule has 2 heterocycles. The number of aliphatic imine (C=N–C) groups is 1. The minimum atomic E-state index is 0.223. The lowest BCUT2D eigenvalue weighted by Gasteiger charge is -2.17. The third kappa shape index (κ3) is 6.90. The average Bonchev–Trinajstić information content (AvgIpc) is 3.45. The number of benzene rings is 1. The molecule has 0 bridgehead atoms. The maximum atomic E-state index is 12.2. The molecule has 30 heavy (non-hydrogen) atoms. The molecule has 2 saturated heterocycles. The Labute approximate surface area is 180 Å². The van der Waals surface area contributed by atoms with Crippen molar-refractivity contribution in [3.05, 3.63) is 29.3 Å². The molecule has 2 aliphatic heterocycles. The van der Waals surface area contributed by atoms with Crippen LogP contribution >= 0.6 is 0 Å². The molecule has 2 N–H and O–H groups in total. The fourth-order valence-corrected chi connectivity index (χ4v) is 3.77. The maximum Gasteiger partial charge on any atom is 0.224 e. The summed E-state index contributed by atoms with van der Waals surface area (Å²) in [4.78, 5) is 18.9. The van der Waals surface area contributed by atoms with Gasteiger partial charge < -0.3 is 25.0 Å². The van der Waals surface area contributed by atoms with Crippen molar-refractivity contribution in [1.29, 1.82) is 0 Å². The van der Waals surface area contributed by atoms with Crippen LogP contribution in [-0.4, -0.2) is 62.8 Å². The number of amides is 1. The van der Waals surface area contributed by atoms with Crippen LogP contribution in [0.2, 0.25) is 0 Å². The largest absolute Gasteiger partial charge is 0.493 e. The maximum absolute atomic E-state index is 12.2. The number of ether oxygens (including phenoxy) is 2. The van der Waals surface area contributed by atoms with Gasteiger partial charge in [0, 0.05) is 50.7 Å². The van der Waals surface area contributed by atoms with Crippen molar-refractivity contribution in [1.82, 2.24) is 15.5 Å². The molecule has 2 fully saturated rings. The van der Waals surface area contributed by atoms with E-state index in [9.17, 15) is 4.79 Å². The Morgan fingerprint density at radius 3 is 2.87 bits per heavy atom. The number of carbonyl (C=O) groups is 1. The van der Waals surface area contributed by atoms with Crippen molar-refractivity contribution < 1.29 is 14.3 Å². The van der Waals surface area contributed by atoms with Gasteiger partial charge >= 0.3 is 0 Å². The molecule has 7 nitrogen and oxygen atoms in total. The molecule has 1 aromatic rings. The summed E-state index contributed by atoms with van der Waals surface area (Å²) in [7, 11) is 0. The SMILES string of the molecule is CCNC(=NCc1ccc(C)cc1OCC1CCOC1)NCCC(=O)N1CCCC1. The van der Waals surface area contributed by atoms with Crippen molar-refractivity contribution in [2.24, 2.45) is 10.9 Å². The number of hydrogen-bond donors (Lipinski definition) is 2. The van der Waals surface area contributed by atoms with Crippen LogP contribution in [0.25, 0.3) is 0 Å². The Hall–Kier alpha value is -2.28. The lowest BCUT2D eigenvalue weighted by Crippen LogP contribution is -2.39. The summed E-state index contributed by atoms with van der Waals surface area (Å²) in [5, 5.41) is 6.55. The highest BCUT2D eigenvalue weighted by Crippen LogP contribution is 2.23. The Bertz CT molecular complexity index is 710. The van der Waals surface area contributed by atoms with Crippen LogP contribution in [0.4, 0.5) is 0 Å². The van der Waals surface area contributed by atoms with Gasteiger partial charge in [-0.25, -0.2) is 4.99 Å². The van der Waals surface area contributed by atoms with Crippen LogP contribution in [0.15, 0.2) is 23.2 Å². The Balaban J connectivity index is 1.54. The summed E-state index contributed by atoms with van der Waals surface area (Å²) in [6, 6.07) is 6.25. The van der Waals surface area contributed by atoms with Crippen molar-refractivity contribution >= 4 is 11.9 Å². The molecule has 0 aromatic heterocycles. The normalized spacial score (nSPS) is 19.2. The first-order valence-electron chi connectivity index (χ1n) is 11.3. The highest BCUT2D eigenvalue weighted by atomic mass is 16.5. The quantitative estimate of drug-likeness (QED) is 0.478. The van der Waals surface area contributed by atoms with E-state index in [4.69, 9.17) is 14.5 Å². The number of nitrogens with one attached hydrogen (secondary N) is 2. The van der Waals surface area contributed by atoms with Crippen LogP contribution in [0.5, 0.6) is 5.75 Å². The van der Waals surface area contributed by atoms with Crippen molar-refractivity contribution in [3.63, 3.8) is 0 Å². The van der Waals surface area contributed by atoms with Crippen molar-refractivity contribution in [3.8, 4) is 5.75 Å². The van der Waals surface area contributed by atoms with E-state index in [1.54, 1.807) is 0 Å². The topological polar surface area (TPSA) is 75.2 Å². The molecule has 7 heteroatoms. The van der Waals surface area contributed by atoms with Gasteiger partial charge in [0.25, 0.3) is 0 Å². The summed E-state index contributed by atoms with van der Waals surface area (Å²) >= 11 is 0. The molecule has 2 aliphatic rings. The first-order chi connectivity index (χ1) is 14.7. The summed E-state index contributed by atoms with van der Waals surface area (Å²) < 4.78 is 11.6. The second-order valence-electron chi connectivity index (χ2n) is 8.11. The minimum absolute atomic E-state index is 0.223. The highest BCUT2D eigenvalue weighted by Gasteiger charge is 2.18. The highest BCUT2D eigenvalue weighted by molar-refractivity contribution is 5.81. The van der Waals surface area contributed by atoms with Gasteiger partial charge in [-0.05, 0) is 44.7 Å². The van der Waals surface area contributed by atoms with Gasteiger partial charge in [-0.3, -0.25) is 4.79 Å². The van der Waals surface area contributed by atoms with Gasteiger partial charge in [0.05, 0.1) is 19.8 Å². The lowest BCUT2D eigenvalue weighted by molar-refractivity contribution is -0.129. The molecule has 0 saturated carbocycles. The molecule has 0 spiro atoms. The number of guanidine groups is 1. The van der Waals surface area contributed by atoms with E-state index in [-0.39, 0.29) is 5.91 Å². The standard InChI is InChI=1S/C23H36N4O3/c1-3-24-23(25-10-8-22(28)27-11-4-5-12-27)26-15-20-7-6-18(2)14-21(20)30-17-19-9-13-29-16-19/h6-7,14,19H,3-5,8-13,15-17H2,1-2H3,(H2,24,25,26). The average molecular weight is 417 g/mol. The fourth-order valence-electron chi connectivity index (χ4n) is 3.77. The predicted molar refractivity (Wildman–Crippen MR) is 119 cm³/mol. The van der Waals surface area contributed by atoms with Crippen LogP contribution in [0.1, 0.15) is 43.7 Å². The first kappa shape index (κ1) is 22.4. The first-order valence-corrected chi connectivity index (χ1v) is 11.3. The summed E-state index contributed by atoms with van der Waals surface area (Å²) in [6.45, 7) is 10.1. The van der Waals surface area contributed by atoms with Gasteiger partial charge in [0.1, 0.15) is 5.75 Å². The molecule has 166 valence electrons. The van der Waals surface area contributed by atoms with E-state index in [1.165, 1.54) is 5.56 Å². The number of nitrogens with zero attached hydrogens (tertiary/aromatic N) is 2.